The molecule has 1 amide bonds. The zero-order valence-corrected chi connectivity index (χ0v) is 11.5. The highest BCUT2D eigenvalue weighted by atomic mass is 79.9. The van der Waals surface area contributed by atoms with Crippen molar-refractivity contribution in [3.8, 4) is 0 Å². The molecule has 0 aliphatic heterocycles. The van der Waals surface area contributed by atoms with Gasteiger partial charge in [-0.2, -0.15) is 0 Å². The number of benzene rings is 1. The second-order valence-corrected chi connectivity index (χ2v) is 4.67. The molecular weight excluding hydrogens is 314 g/mol. The number of aryl methyl sites for hydroxylation is 1. The quantitative estimate of drug-likeness (QED) is 0.779. The summed E-state index contributed by atoms with van der Waals surface area (Å²) in [7, 11) is 0. The van der Waals surface area contributed by atoms with Gasteiger partial charge in [-0.15, -0.1) is 0 Å². The van der Waals surface area contributed by atoms with Crippen LogP contribution >= 0.6 is 15.9 Å². The summed E-state index contributed by atoms with van der Waals surface area (Å²) in [4.78, 5) is 38.5. The van der Waals surface area contributed by atoms with Crippen molar-refractivity contribution in [1.29, 1.82) is 0 Å². The molecule has 0 spiro atoms. The van der Waals surface area contributed by atoms with Gasteiger partial charge in [-0.1, -0.05) is 12.1 Å². The van der Waals surface area contributed by atoms with E-state index in [-0.39, 0.29) is 5.56 Å². The van der Waals surface area contributed by atoms with Crippen molar-refractivity contribution in [2.24, 2.45) is 0 Å². The van der Waals surface area contributed by atoms with Gasteiger partial charge in [0.25, 0.3) is 11.5 Å². The topological polar surface area (TPSA) is 94.8 Å². The minimum atomic E-state index is -0.731. The molecule has 1 aromatic heterocycles. The van der Waals surface area contributed by atoms with Gasteiger partial charge in [0.1, 0.15) is 5.56 Å². The summed E-state index contributed by atoms with van der Waals surface area (Å²) in [5, 5.41) is 2.60. The Hall–Kier alpha value is -2.15. The fraction of sp³-hybridized carbons (Fsp3) is 0.0833. The molecule has 7 heteroatoms. The summed E-state index contributed by atoms with van der Waals surface area (Å²) in [6, 6.07) is 5.37. The SMILES string of the molecule is Cc1cccc(NC(=O)c2c[nH]c(=O)[nH]c2=O)c1Br. The molecule has 98 valence electrons. The molecule has 0 saturated heterocycles. The maximum Gasteiger partial charge on any atom is 0.325 e. The van der Waals surface area contributed by atoms with Crippen molar-refractivity contribution < 1.29 is 4.79 Å². The fourth-order valence-corrected chi connectivity index (χ4v) is 1.88. The molecule has 2 rings (SSSR count). The minimum Gasteiger partial charge on any atom is -0.321 e. The Balaban J connectivity index is 2.34. The van der Waals surface area contributed by atoms with Gasteiger partial charge < -0.3 is 10.3 Å². The van der Waals surface area contributed by atoms with Crippen LogP contribution in [-0.4, -0.2) is 15.9 Å². The van der Waals surface area contributed by atoms with E-state index in [2.05, 4.69) is 26.2 Å². The number of H-pyrrole nitrogens is 2. The number of rotatable bonds is 2. The molecule has 0 bridgehead atoms. The smallest absolute Gasteiger partial charge is 0.321 e. The first-order valence-corrected chi connectivity index (χ1v) is 6.17. The maximum atomic E-state index is 11.9. The molecule has 1 heterocycles. The van der Waals surface area contributed by atoms with E-state index >= 15 is 0 Å². The first kappa shape index (κ1) is 13.3. The van der Waals surface area contributed by atoms with Gasteiger partial charge in [-0.25, -0.2) is 4.79 Å². The van der Waals surface area contributed by atoms with E-state index in [1.165, 1.54) is 0 Å². The van der Waals surface area contributed by atoms with E-state index in [1.54, 1.807) is 12.1 Å². The second-order valence-electron chi connectivity index (χ2n) is 3.88. The number of hydrogen-bond donors (Lipinski definition) is 3. The van der Waals surface area contributed by atoms with Crippen LogP contribution in [-0.2, 0) is 0 Å². The number of halogens is 1. The van der Waals surface area contributed by atoms with Crippen LogP contribution in [0.25, 0.3) is 0 Å². The van der Waals surface area contributed by atoms with Gasteiger partial charge >= 0.3 is 5.69 Å². The summed E-state index contributed by atoms with van der Waals surface area (Å²) in [5.41, 5.74) is -0.0416. The first-order chi connectivity index (χ1) is 8.99. The van der Waals surface area contributed by atoms with E-state index in [9.17, 15) is 14.4 Å². The molecule has 0 radical (unpaired) electrons. The third-order valence-corrected chi connectivity index (χ3v) is 3.56. The molecule has 0 atom stereocenters. The number of carbonyl (C=O) groups is 1. The highest BCUT2D eigenvalue weighted by Crippen LogP contribution is 2.25. The summed E-state index contributed by atoms with van der Waals surface area (Å²) in [5.74, 6) is -0.594. The number of hydrogen-bond acceptors (Lipinski definition) is 3. The van der Waals surface area contributed by atoms with Gasteiger partial charge in [0.2, 0.25) is 0 Å². The van der Waals surface area contributed by atoms with Crippen LogP contribution in [0.1, 0.15) is 15.9 Å². The van der Waals surface area contributed by atoms with Gasteiger partial charge in [0.05, 0.1) is 5.69 Å². The van der Waals surface area contributed by atoms with Crippen molar-refractivity contribution in [2.75, 3.05) is 5.32 Å². The predicted octanol–water partition coefficient (Wildman–Crippen LogP) is 1.39. The van der Waals surface area contributed by atoms with E-state index in [0.29, 0.717) is 5.69 Å². The highest BCUT2D eigenvalue weighted by molar-refractivity contribution is 9.10. The van der Waals surface area contributed by atoms with Crippen LogP contribution in [0.3, 0.4) is 0 Å². The second kappa shape index (κ2) is 5.23. The Morgan fingerprint density at radius 3 is 2.74 bits per heavy atom. The molecule has 0 saturated carbocycles. The van der Waals surface area contributed by atoms with Crippen LogP contribution < -0.4 is 16.6 Å². The van der Waals surface area contributed by atoms with Crippen LogP contribution in [0.2, 0.25) is 0 Å². The van der Waals surface area contributed by atoms with Gasteiger partial charge in [0.15, 0.2) is 0 Å². The molecule has 1 aromatic carbocycles. The number of nitrogens with one attached hydrogen (secondary N) is 3. The Morgan fingerprint density at radius 2 is 2.05 bits per heavy atom. The predicted molar refractivity (Wildman–Crippen MR) is 74.5 cm³/mol. The average Bonchev–Trinajstić information content (AvgIpc) is 2.34. The lowest BCUT2D eigenvalue weighted by Gasteiger charge is -2.08. The van der Waals surface area contributed by atoms with Crippen LogP contribution in [0.4, 0.5) is 5.69 Å². The number of aromatic amines is 2. The van der Waals surface area contributed by atoms with Gasteiger partial charge in [0, 0.05) is 10.7 Å². The van der Waals surface area contributed by atoms with Crippen molar-refractivity contribution in [3.63, 3.8) is 0 Å². The lowest BCUT2D eigenvalue weighted by atomic mass is 10.2. The summed E-state index contributed by atoms with van der Waals surface area (Å²) < 4.78 is 0.740. The Morgan fingerprint density at radius 1 is 1.32 bits per heavy atom. The molecule has 0 aliphatic rings. The molecule has 6 nitrogen and oxygen atoms in total. The zero-order valence-electron chi connectivity index (χ0n) is 9.91. The van der Waals surface area contributed by atoms with E-state index in [4.69, 9.17) is 0 Å². The number of amides is 1. The molecule has 19 heavy (non-hydrogen) atoms. The number of anilines is 1. The third kappa shape index (κ3) is 2.82. The third-order valence-electron chi connectivity index (χ3n) is 2.50. The lowest BCUT2D eigenvalue weighted by molar-refractivity contribution is 0.102. The standard InChI is InChI=1S/C12H10BrN3O3/c1-6-3-2-4-8(9(6)13)15-10(17)7-5-14-12(19)16-11(7)18/h2-5H,1H3,(H,15,17)(H2,14,16,18,19). The fourth-order valence-electron chi connectivity index (χ4n) is 1.51. The molecule has 0 unspecified atom stereocenters. The maximum absolute atomic E-state index is 11.9. The minimum absolute atomic E-state index is 0.159. The molecule has 2 aromatic rings. The molecule has 3 N–H and O–H groups in total. The summed E-state index contributed by atoms with van der Waals surface area (Å²) >= 11 is 3.35. The summed E-state index contributed by atoms with van der Waals surface area (Å²) in [6.07, 6.45) is 1.08. The Kier molecular flexibility index (Phi) is 3.66. The first-order valence-electron chi connectivity index (χ1n) is 5.37. The monoisotopic (exact) mass is 323 g/mol. The van der Waals surface area contributed by atoms with Crippen LogP contribution in [0.15, 0.2) is 38.5 Å². The normalized spacial score (nSPS) is 10.2. The van der Waals surface area contributed by atoms with Crippen LogP contribution in [0, 0.1) is 6.92 Å². The lowest BCUT2D eigenvalue weighted by Crippen LogP contribution is -2.29. The number of carbonyl (C=O) groups excluding carboxylic acids is 1. The van der Waals surface area contributed by atoms with Crippen molar-refractivity contribution in [3.05, 3.63) is 60.8 Å². The van der Waals surface area contributed by atoms with E-state index < -0.39 is 17.2 Å². The van der Waals surface area contributed by atoms with Gasteiger partial charge in [-0.3, -0.25) is 14.6 Å². The largest absolute Gasteiger partial charge is 0.325 e. The van der Waals surface area contributed by atoms with Crippen molar-refractivity contribution in [1.82, 2.24) is 9.97 Å². The Labute approximate surface area is 116 Å². The van der Waals surface area contributed by atoms with E-state index in [0.717, 1.165) is 16.2 Å². The molecular formula is C12H10BrN3O3. The molecule has 0 aliphatic carbocycles. The Bertz CT molecular complexity index is 748. The van der Waals surface area contributed by atoms with E-state index in [1.807, 2.05) is 18.0 Å². The van der Waals surface area contributed by atoms with Crippen LogP contribution in [0.5, 0.6) is 0 Å². The zero-order chi connectivity index (χ0) is 14.0. The number of aromatic nitrogens is 2. The molecule has 0 fully saturated rings. The van der Waals surface area contributed by atoms with Crippen molar-refractivity contribution in [2.45, 2.75) is 6.92 Å². The average molecular weight is 324 g/mol. The van der Waals surface area contributed by atoms with Crippen molar-refractivity contribution >= 4 is 27.5 Å². The van der Waals surface area contributed by atoms with Gasteiger partial charge in [-0.05, 0) is 34.5 Å². The summed E-state index contributed by atoms with van der Waals surface area (Å²) in [6.45, 7) is 1.88. The highest BCUT2D eigenvalue weighted by Gasteiger charge is 2.13.